The van der Waals surface area contributed by atoms with Crippen molar-refractivity contribution in [3.05, 3.63) is 59.2 Å². The molecule has 11 nitrogen and oxygen atoms in total. The van der Waals surface area contributed by atoms with Crippen molar-refractivity contribution in [1.29, 1.82) is 0 Å². The molecule has 0 radical (unpaired) electrons. The van der Waals surface area contributed by atoms with Crippen LogP contribution in [0, 0.1) is 0 Å². The Labute approximate surface area is 231 Å². The lowest BCUT2D eigenvalue weighted by molar-refractivity contribution is -0.136. The van der Waals surface area contributed by atoms with E-state index in [0.717, 1.165) is 62.6 Å². The minimum Gasteiger partial charge on any atom is -0.494 e. The number of carboxylic acids is 1. The van der Waals surface area contributed by atoms with E-state index < -0.39 is 35.6 Å². The topological polar surface area (TPSA) is 137 Å². The molecule has 3 heterocycles. The number of unbranched alkanes of at least 4 members (excludes halogenated alkanes) is 2. The third-order valence-electron chi connectivity index (χ3n) is 7.65. The van der Waals surface area contributed by atoms with Crippen molar-refractivity contribution in [2.75, 3.05) is 44.2 Å². The first-order valence-electron chi connectivity index (χ1n) is 13.6. The Morgan fingerprint density at radius 3 is 2.33 bits per heavy atom. The van der Waals surface area contributed by atoms with Crippen molar-refractivity contribution in [3.63, 3.8) is 0 Å². The number of amides is 4. The molecule has 1 atom stereocenters. The van der Waals surface area contributed by atoms with Crippen LogP contribution < -0.4 is 15.0 Å². The summed E-state index contributed by atoms with van der Waals surface area (Å²) < 4.78 is 5.85. The van der Waals surface area contributed by atoms with Crippen molar-refractivity contribution in [3.8, 4) is 5.75 Å². The highest BCUT2D eigenvalue weighted by Gasteiger charge is 2.44. The molecule has 4 amide bonds. The smallest absolute Gasteiger partial charge is 0.335 e. The summed E-state index contributed by atoms with van der Waals surface area (Å²) >= 11 is 0. The average molecular weight is 549 g/mol. The SMILES string of the molecule is O=C1CCC(N2C(=O)c3ccc(OCCCCCN4CCN(c5ccc(C(=O)O)cc5)CC4)cc3C2=O)C(=O)N1. The minimum atomic E-state index is -0.984. The number of carboxylic acid groups (broad SMARTS) is 1. The number of aromatic carboxylic acids is 1. The van der Waals surface area contributed by atoms with Gasteiger partial charge in [-0.05, 0) is 74.7 Å². The van der Waals surface area contributed by atoms with E-state index in [2.05, 4.69) is 15.1 Å². The number of hydrogen-bond acceptors (Lipinski definition) is 8. The Bertz CT molecular complexity index is 1320. The molecule has 2 fully saturated rings. The van der Waals surface area contributed by atoms with Crippen LogP contribution in [-0.4, -0.2) is 89.9 Å². The third kappa shape index (κ3) is 5.84. The molecule has 5 rings (SSSR count). The average Bonchev–Trinajstić information content (AvgIpc) is 3.20. The van der Waals surface area contributed by atoms with Crippen molar-refractivity contribution in [2.24, 2.45) is 0 Å². The molecule has 2 N–H and O–H groups in total. The molecular formula is C29H32N4O7. The lowest BCUT2D eigenvalue weighted by atomic mass is 10.0. The summed E-state index contributed by atoms with van der Waals surface area (Å²) in [6, 6.07) is 10.8. The van der Waals surface area contributed by atoms with Gasteiger partial charge in [0.1, 0.15) is 11.8 Å². The van der Waals surface area contributed by atoms with E-state index in [4.69, 9.17) is 9.84 Å². The number of piperidine rings is 1. The van der Waals surface area contributed by atoms with Crippen molar-refractivity contribution >= 4 is 35.3 Å². The fourth-order valence-electron chi connectivity index (χ4n) is 5.39. The maximum Gasteiger partial charge on any atom is 0.335 e. The molecule has 0 saturated carbocycles. The zero-order chi connectivity index (χ0) is 28.2. The number of hydrogen-bond donors (Lipinski definition) is 2. The number of ether oxygens (including phenoxy) is 1. The molecule has 3 aliphatic rings. The zero-order valence-electron chi connectivity index (χ0n) is 22.1. The van der Waals surface area contributed by atoms with Crippen LogP contribution >= 0.6 is 0 Å². The number of rotatable bonds is 10. The fourth-order valence-corrected chi connectivity index (χ4v) is 5.39. The summed E-state index contributed by atoms with van der Waals surface area (Å²) in [5.74, 6) is -2.53. The standard InChI is InChI=1S/C29H32N4O7/c34-25-11-10-24(26(35)30-25)33-27(36)22-9-8-21(18-23(22)28(33)37)40-17-3-1-2-12-31-13-15-32(16-14-31)20-6-4-19(5-7-20)29(38)39/h4-9,18,24H,1-3,10-17H2,(H,38,39)(H,30,34,35). The van der Waals surface area contributed by atoms with E-state index in [1.165, 1.54) is 0 Å². The largest absolute Gasteiger partial charge is 0.494 e. The summed E-state index contributed by atoms with van der Waals surface area (Å²) in [6.45, 7) is 5.19. The van der Waals surface area contributed by atoms with Gasteiger partial charge < -0.3 is 14.7 Å². The van der Waals surface area contributed by atoms with Gasteiger partial charge in [0.25, 0.3) is 11.8 Å². The lowest BCUT2D eigenvalue weighted by Crippen LogP contribution is -2.54. The number of benzene rings is 2. The first-order valence-corrected chi connectivity index (χ1v) is 13.6. The first kappa shape index (κ1) is 27.3. The van der Waals surface area contributed by atoms with Crippen LogP contribution in [0.4, 0.5) is 5.69 Å². The van der Waals surface area contributed by atoms with Crippen LogP contribution in [0.3, 0.4) is 0 Å². The van der Waals surface area contributed by atoms with E-state index >= 15 is 0 Å². The number of anilines is 1. The Hall–Kier alpha value is -4.25. The Morgan fingerprint density at radius 1 is 0.900 bits per heavy atom. The molecule has 2 saturated heterocycles. The second-order valence-corrected chi connectivity index (χ2v) is 10.2. The molecule has 210 valence electrons. The van der Waals surface area contributed by atoms with Crippen LogP contribution in [0.5, 0.6) is 5.75 Å². The molecule has 0 aliphatic carbocycles. The summed E-state index contributed by atoms with van der Waals surface area (Å²) in [5.41, 5.74) is 1.79. The van der Waals surface area contributed by atoms with Gasteiger partial charge in [0.2, 0.25) is 11.8 Å². The quantitative estimate of drug-likeness (QED) is 0.338. The van der Waals surface area contributed by atoms with Gasteiger partial charge in [-0.15, -0.1) is 0 Å². The number of piperazine rings is 1. The predicted molar refractivity (Wildman–Crippen MR) is 145 cm³/mol. The van der Waals surface area contributed by atoms with Gasteiger partial charge in [0, 0.05) is 38.3 Å². The lowest BCUT2D eigenvalue weighted by Gasteiger charge is -2.36. The molecule has 1 unspecified atom stereocenters. The van der Waals surface area contributed by atoms with E-state index in [9.17, 15) is 24.0 Å². The summed E-state index contributed by atoms with van der Waals surface area (Å²) in [5, 5.41) is 11.3. The Balaban J connectivity index is 1.02. The molecule has 2 aromatic carbocycles. The Kier molecular flexibility index (Phi) is 8.11. The predicted octanol–water partition coefficient (Wildman–Crippen LogP) is 2.16. The third-order valence-corrected chi connectivity index (χ3v) is 7.65. The molecule has 11 heteroatoms. The van der Waals surface area contributed by atoms with E-state index in [1.807, 2.05) is 12.1 Å². The van der Waals surface area contributed by atoms with Crippen LogP contribution in [0.1, 0.15) is 63.2 Å². The summed E-state index contributed by atoms with van der Waals surface area (Å²) in [6.07, 6.45) is 3.08. The highest BCUT2D eigenvalue weighted by molar-refractivity contribution is 6.23. The van der Waals surface area contributed by atoms with Gasteiger partial charge in [-0.25, -0.2) is 4.79 Å². The molecule has 40 heavy (non-hydrogen) atoms. The van der Waals surface area contributed by atoms with Crippen LogP contribution in [0.2, 0.25) is 0 Å². The molecule has 0 bridgehead atoms. The summed E-state index contributed by atoms with van der Waals surface area (Å²) in [7, 11) is 0. The van der Waals surface area contributed by atoms with Crippen LogP contribution in [-0.2, 0) is 9.59 Å². The number of fused-ring (bicyclic) bond motifs is 1. The van der Waals surface area contributed by atoms with Gasteiger partial charge in [-0.2, -0.15) is 0 Å². The number of carbonyl (C=O) groups excluding carboxylic acids is 4. The monoisotopic (exact) mass is 548 g/mol. The maximum atomic E-state index is 12.9. The normalized spacial score (nSPS) is 19.6. The number of nitrogens with one attached hydrogen (secondary N) is 1. The number of imide groups is 2. The van der Waals surface area contributed by atoms with E-state index in [0.29, 0.717) is 17.9 Å². The van der Waals surface area contributed by atoms with Gasteiger partial charge >= 0.3 is 5.97 Å². The minimum absolute atomic E-state index is 0.0823. The molecule has 0 aromatic heterocycles. The van der Waals surface area contributed by atoms with E-state index in [-0.39, 0.29) is 24.0 Å². The molecule has 0 spiro atoms. The van der Waals surface area contributed by atoms with Crippen molar-refractivity contribution in [1.82, 2.24) is 15.1 Å². The molecule has 2 aromatic rings. The van der Waals surface area contributed by atoms with Gasteiger partial charge in [0.05, 0.1) is 23.3 Å². The molecular weight excluding hydrogens is 516 g/mol. The second kappa shape index (κ2) is 11.9. The van der Waals surface area contributed by atoms with E-state index in [1.54, 1.807) is 30.3 Å². The first-order chi connectivity index (χ1) is 19.3. The van der Waals surface area contributed by atoms with Crippen molar-refractivity contribution < 1.29 is 33.8 Å². The highest BCUT2D eigenvalue weighted by Crippen LogP contribution is 2.30. The van der Waals surface area contributed by atoms with Gasteiger partial charge in [-0.3, -0.25) is 34.3 Å². The summed E-state index contributed by atoms with van der Waals surface area (Å²) in [4.78, 5) is 66.1. The second-order valence-electron chi connectivity index (χ2n) is 10.2. The Morgan fingerprint density at radius 2 is 1.62 bits per heavy atom. The number of carbonyl (C=O) groups is 5. The van der Waals surface area contributed by atoms with Crippen LogP contribution in [0.25, 0.3) is 0 Å². The fraction of sp³-hybridized carbons (Fsp3) is 0.414. The van der Waals surface area contributed by atoms with Gasteiger partial charge in [-0.1, -0.05) is 0 Å². The van der Waals surface area contributed by atoms with Crippen molar-refractivity contribution in [2.45, 2.75) is 38.1 Å². The van der Waals surface area contributed by atoms with Crippen LogP contribution in [0.15, 0.2) is 42.5 Å². The number of nitrogens with zero attached hydrogens (tertiary/aromatic N) is 3. The van der Waals surface area contributed by atoms with Gasteiger partial charge in [0.15, 0.2) is 0 Å². The zero-order valence-corrected chi connectivity index (χ0v) is 22.1. The molecule has 3 aliphatic heterocycles. The highest BCUT2D eigenvalue weighted by atomic mass is 16.5. The maximum absolute atomic E-state index is 12.9.